The molecule has 0 saturated heterocycles. The first-order chi connectivity index (χ1) is 13.6. The van der Waals surface area contributed by atoms with Gasteiger partial charge in [0.05, 0.1) is 23.2 Å². The van der Waals surface area contributed by atoms with Crippen molar-refractivity contribution in [2.75, 3.05) is 7.11 Å². The van der Waals surface area contributed by atoms with Gasteiger partial charge in [-0.3, -0.25) is 14.9 Å². The van der Waals surface area contributed by atoms with Crippen LogP contribution in [0.3, 0.4) is 0 Å². The lowest BCUT2D eigenvalue weighted by molar-refractivity contribution is -0.384. The maximum atomic E-state index is 12.5. The maximum Gasteiger partial charge on any atom is 0.339 e. The molecule has 9 heteroatoms. The lowest BCUT2D eigenvalue weighted by atomic mass is 9.78. The van der Waals surface area contributed by atoms with Crippen molar-refractivity contribution in [2.24, 2.45) is 11.8 Å². The number of ether oxygens (including phenoxy) is 2. The first-order valence-corrected chi connectivity index (χ1v) is 9.53. The molecule has 1 saturated carbocycles. The van der Waals surface area contributed by atoms with Crippen molar-refractivity contribution in [1.82, 2.24) is 5.32 Å². The zero-order valence-corrected chi connectivity index (χ0v) is 17.0. The lowest BCUT2D eigenvalue weighted by Gasteiger charge is -2.35. The molecule has 9 nitrogen and oxygen atoms in total. The number of nitro groups is 1. The summed E-state index contributed by atoms with van der Waals surface area (Å²) in [5, 5.41) is 14.0. The van der Waals surface area contributed by atoms with Crippen molar-refractivity contribution in [2.45, 2.75) is 52.2 Å². The molecule has 1 fully saturated rings. The molecule has 1 amide bonds. The van der Waals surface area contributed by atoms with Crippen molar-refractivity contribution < 1.29 is 28.8 Å². The number of hydrogen-bond donors (Lipinski definition) is 1. The molecule has 4 atom stereocenters. The molecule has 0 radical (unpaired) electrons. The van der Waals surface area contributed by atoms with Crippen LogP contribution in [0.2, 0.25) is 0 Å². The fraction of sp³-hybridized carbons (Fsp3) is 0.550. The maximum absolute atomic E-state index is 12.5. The van der Waals surface area contributed by atoms with Gasteiger partial charge in [-0.2, -0.15) is 0 Å². The van der Waals surface area contributed by atoms with Crippen molar-refractivity contribution >= 4 is 23.5 Å². The van der Waals surface area contributed by atoms with E-state index in [9.17, 15) is 24.5 Å². The highest BCUT2D eigenvalue weighted by Crippen LogP contribution is 2.29. The van der Waals surface area contributed by atoms with E-state index in [1.807, 2.05) is 0 Å². The number of nitrogens with zero attached hydrogens (tertiary/aromatic N) is 1. The minimum Gasteiger partial charge on any atom is -0.465 e. The quantitative estimate of drug-likeness (QED) is 0.437. The number of nitrogens with one attached hydrogen (secondary N) is 1. The fourth-order valence-electron chi connectivity index (χ4n) is 3.44. The Balaban J connectivity index is 2.10. The van der Waals surface area contributed by atoms with Gasteiger partial charge in [-0.1, -0.05) is 26.7 Å². The Hall–Kier alpha value is -2.97. The van der Waals surface area contributed by atoms with Crippen molar-refractivity contribution in [3.8, 4) is 0 Å². The van der Waals surface area contributed by atoms with E-state index in [1.165, 1.54) is 6.92 Å². The summed E-state index contributed by atoms with van der Waals surface area (Å²) >= 11 is 0. The Morgan fingerprint density at radius 1 is 1.14 bits per heavy atom. The number of rotatable bonds is 6. The predicted octanol–water partition coefficient (Wildman–Crippen LogP) is 2.87. The predicted molar refractivity (Wildman–Crippen MR) is 103 cm³/mol. The van der Waals surface area contributed by atoms with Gasteiger partial charge in [0.15, 0.2) is 6.10 Å². The molecule has 1 aromatic carbocycles. The number of amides is 1. The summed E-state index contributed by atoms with van der Waals surface area (Å²) in [6, 6.07) is 3.14. The van der Waals surface area contributed by atoms with Crippen LogP contribution in [0, 0.1) is 22.0 Å². The van der Waals surface area contributed by atoms with E-state index in [-0.39, 0.29) is 17.2 Å². The third-order valence-electron chi connectivity index (χ3n) is 5.47. The van der Waals surface area contributed by atoms with Gasteiger partial charge < -0.3 is 14.8 Å². The third kappa shape index (κ3) is 5.52. The van der Waals surface area contributed by atoms with Gasteiger partial charge in [-0.15, -0.1) is 0 Å². The second-order valence-corrected chi connectivity index (χ2v) is 7.45. The lowest BCUT2D eigenvalue weighted by Crippen LogP contribution is -2.47. The minimum atomic E-state index is -1.09. The van der Waals surface area contributed by atoms with Crippen LogP contribution < -0.4 is 5.32 Å². The molecule has 0 aliphatic heterocycles. The molecule has 0 spiro atoms. The number of non-ortho nitro benzene ring substituents is 1. The second-order valence-electron chi connectivity index (χ2n) is 7.45. The third-order valence-corrected chi connectivity index (χ3v) is 5.47. The molecule has 0 bridgehead atoms. The number of benzene rings is 1. The Morgan fingerprint density at radius 3 is 2.34 bits per heavy atom. The SMILES string of the molecule is COC(=O)c1cc(C(=O)O[C@H](C)C(=O)N[C@H]2CCC[C@H](C)[C@H]2C)cc([N+](=O)[O-])c1. The molecule has 158 valence electrons. The first kappa shape index (κ1) is 22.3. The number of carbonyl (C=O) groups excluding carboxylic acids is 3. The molecule has 1 aliphatic carbocycles. The molecule has 29 heavy (non-hydrogen) atoms. The zero-order valence-electron chi connectivity index (χ0n) is 17.0. The fourth-order valence-corrected chi connectivity index (χ4v) is 3.44. The topological polar surface area (TPSA) is 125 Å². The smallest absolute Gasteiger partial charge is 0.339 e. The van der Waals surface area contributed by atoms with Crippen LogP contribution in [-0.4, -0.2) is 42.0 Å². The standard InChI is InChI=1S/C20H26N2O7/c1-11-6-5-7-17(12(11)2)21-18(23)13(3)29-20(25)15-8-14(19(24)28-4)9-16(10-15)22(26)27/h8-13,17H,5-7H2,1-4H3,(H,21,23)/t11-,12+,13+,17-/m0/s1. The number of esters is 2. The summed E-state index contributed by atoms with van der Waals surface area (Å²) in [6.45, 7) is 5.67. The summed E-state index contributed by atoms with van der Waals surface area (Å²) in [6.07, 6.45) is 1.92. The van der Waals surface area contributed by atoms with Crippen LogP contribution in [-0.2, 0) is 14.3 Å². The highest BCUT2D eigenvalue weighted by atomic mass is 16.6. The number of hydrogen-bond acceptors (Lipinski definition) is 7. The summed E-state index contributed by atoms with van der Waals surface area (Å²) in [7, 11) is 1.12. The Kier molecular flexibility index (Phi) is 7.30. The molecule has 0 aromatic heterocycles. The highest BCUT2D eigenvalue weighted by molar-refractivity contribution is 5.97. The van der Waals surface area contributed by atoms with Gasteiger partial charge in [0.2, 0.25) is 0 Å². The Labute approximate surface area is 168 Å². The summed E-state index contributed by atoms with van der Waals surface area (Å²) < 4.78 is 9.73. The molecule has 0 unspecified atom stereocenters. The van der Waals surface area contributed by atoms with Crippen LogP contribution in [0.1, 0.15) is 60.7 Å². The molecule has 0 heterocycles. The van der Waals surface area contributed by atoms with Gasteiger partial charge in [-0.05, 0) is 31.2 Å². The van der Waals surface area contributed by atoms with Crippen LogP contribution in [0.5, 0.6) is 0 Å². The van der Waals surface area contributed by atoms with E-state index in [4.69, 9.17) is 4.74 Å². The van der Waals surface area contributed by atoms with E-state index in [1.54, 1.807) is 0 Å². The van der Waals surface area contributed by atoms with Gasteiger partial charge >= 0.3 is 11.9 Å². The van der Waals surface area contributed by atoms with E-state index in [0.29, 0.717) is 11.8 Å². The van der Waals surface area contributed by atoms with Crippen LogP contribution in [0.4, 0.5) is 5.69 Å². The van der Waals surface area contributed by atoms with E-state index >= 15 is 0 Å². The average Bonchev–Trinajstić information content (AvgIpc) is 2.70. The van der Waals surface area contributed by atoms with E-state index in [0.717, 1.165) is 44.6 Å². The molecule has 2 rings (SSSR count). The average molecular weight is 406 g/mol. The summed E-state index contributed by atoms with van der Waals surface area (Å²) in [5.74, 6) is -1.38. The minimum absolute atomic E-state index is 0.0103. The van der Waals surface area contributed by atoms with Gasteiger partial charge in [0.25, 0.3) is 11.6 Å². The van der Waals surface area contributed by atoms with Crippen LogP contribution in [0.25, 0.3) is 0 Å². The van der Waals surface area contributed by atoms with Gasteiger partial charge in [0.1, 0.15) is 0 Å². The van der Waals surface area contributed by atoms with Crippen molar-refractivity contribution in [1.29, 1.82) is 0 Å². The molecular weight excluding hydrogens is 380 g/mol. The zero-order chi connectivity index (χ0) is 21.7. The van der Waals surface area contributed by atoms with E-state index < -0.39 is 34.6 Å². The molecular formula is C20H26N2O7. The summed E-state index contributed by atoms with van der Waals surface area (Å²) in [5.41, 5.74) is -0.823. The summed E-state index contributed by atoms with van der Waals surface area (Å²) in [4.78, 5) is 47.0. The Morgan fingerprint density at radius 2 is 1.76 bits per heavy atom. The normalized spacial score (nSPS) is 22.3. The molecule has 1 aromatic rings. The van der Waals surface area contributed by atoms with Crippen LogP contribution in [0.15, 0.2) is 18.2 Å². The Bertz CT molecular complexity index is 808. The van der Waals surface area contributed by atoms with Crippen molar-refractivity contribution in [3.05, 3.63) is 39.4 Å². The number of methoxy groups -OCH3 is 1. The van der Waals surface area contributed by atoms with Crippen LogP contribution >= 0.6 is 0 Å². The first-order valence-electron chi connectivity index (χ1n) is 9.53. The number of carbonyl (C=O) groups is 3. The second kappa shape index (κ2) is 9.49. The monoisotopic (exact) mass is 406 g/mol. The number of nitro benzene ring substituents is 1. The molecule has 1 aliphatic rings. The molecule has 1 N–H and O–H groups in total. The highest BCUT2D eigenvalue weighted by Gasteiger charge is 2.30. The largest absolute Gasteiger partial charge is 0.465 e. The van der Waals surface area contributed by atoms with Gasteiger partial charge in [0, 0.05) is 18.2 Å². The van der Waals surface area contributed by atoms with Crippen molar-refractivity contribution in [3.63, 3.8) is 0 Å². The van der Waals surface area contributed by atoms with E-state index in [2.05, 4.69) is 23.9 Å². The van der Waals surface area contributed by atoms with Gasteiger partial charge in [-0.25, -0.2) is 9.59 Å².